The third-order valence-corrected chi connectivity index (χ3v) is 7.98. The molecule has 0 bridgehead atoms. The number of nitrogens with one attached hydrogen (secondary N) is 1. The van der Waals surface area contributed by atoms with Gasteiger partial charge in [0.1, 0.15) is 22.8 Å². The van der Waals surface area contributed by atoms with Gasteiger partial charge in [-0.15, -0.1) is 0 Å². The Hall–Kier alpha value is -3.66. The minimum atomic E-state index is -4.78. The number of amides is 1. The zero-order valence-corrected chi connectivity index (χ0v) is 26.9. The van der Waals surface area contributed by atoms with Crippen molar-refractivity contribution < 1.29 is 28.8 Å². The highest BCUT2D eigenvalue weighted by molar-refractivity contribution is 7.46. The molecular weight excluding hydrogens is 569 g/mol. The number of phosphoric ester groups is 1. The van der Waals surface area contributed by atoms with Crippen molar-refractivity contribution in [1.29, 1.82) is 0 Å². The monoisotopic (exact) mass is 613 g/mol. The molecule has 0 aliphatic carbocycles. The molecule has 0 saturated carbocycles. The van der Waals surface area contributed by atoms with Crippen molar-refractivity contribution >= 4 is 41.5 Å². The van der Waals surface area contributed by atoms with Crippen LogP contribution in [0.4, 0.5) is 5.82 Å². The molecule has 12 heteroatoms. The molecule has 1 atom stereocenters. The zero-order valence-electron chi connectivity index (χ0n) is 26.0. The topological polar surface area (TPSA) is 173 Å². The summed E-state index contributed by atoms with van der Waals surface area (Å²) in [4.78, 5) is 40.2. The molecule has 0 fully saturated rings. The van der Waals surface area contributed by atoms with Gasteiger partial charge in [-0.05, 0) is 50.1 Å². The van der Waals surface area contributed by atoms with Gasteiger partial charge in [0.2, 0.25) is 5.91 Å². The minimum Gasteiger partial charge on any atom is -0.508 e. The first-order valence-electron chi connectivity index (χ1n) is 14.7. The van der Waals surface area contributed by atoms with E-state index in [0.29, 0.717) is 29.4 Å². The molecule has 11 nitrogen and oxygen atoms in total. The average molecular weight is 614 g/mol. The number of hydrogen-bond donors (Lipinski definition) is 5. The van der Waals surface area contributed by atoms with Crippen molar-refractivity contribution in [3.05, 3.63) is 53.3 Å². The molecular formula is C31H44N5O6P. The highest BCUT2D eigenvalue weighted by Gasteiger charge is 2.29. The number of phosphoric acid groups is 1. The van der Waals surface area contributed by atoms with Crippen molar-refractivity contribution in [1.82, 2.24) is 19.9 Å². The van der Waals surface area contributed by atoms with Gasteiger partial charge in [0, 0.05) is 35.2 Å². The van der Waals surface area contributed by atoms with Gasteiger partial charge in [0.25, 0.3) is 0 Å². The Morgan fingerprint density at radius 2 is 1.84 bits per heavy atom. The molecule has 234 valence electrons. The molecule has 2 aromatic carbocycles. The Morgan fingerprint density at radius 1 is 1.14 bits per heavy atom. The van der Waals surface area contributed by atoms with E-state index in [0.717, 1.165) is 35.1 Å². The van der Waals surface area contributed by atoms with Gasteiger partial charge in [-0.25, -0.2) is 14.5 Å². The third kappa shape index (κ3) is 7.84. The lowest BCUT2D eigenvalue weighted by Crippen LogP contribution is -2.46. The number of nitrogens with zero attached hydrogens (tertiary/aromatic N) is 3. The first-order chi connectivity index (χ1) is 20.2. The van der Waals surface area contributed by atoms with Crippen LogP contribution in [0.15, 0.2) is 36.4 Å². The van der Waals surface area contributed by atoms with E-state index in [1.807, 2.05) is 57.4 Å². The molecule has 6 N–H and O–H groups in total. The number of hydrogen-bond acceptors (Lipinski definition) is 7. The number of benzene rings is 2. The van der Waals surface area contributed by atoms with Crippen LogP contribution in [0.5, 0.6) is 11.5 Å². The fourth-order valence-corrected chi connectivity index (χ4v) is 5.35. The molecule has 43 heavy (non-hydrogen) atoms. The lowest BCUT2D eigenvalue weighted by molar-refractivity contribution is -0.122. The van der Waals surface area contributed by atoms with E-state index in [-0.39, 0.29) is 35.7 Å². The van der Waals surface area contributed by atoms with Crippen LogP contribution in [0.2, 0.25) is 0 Å². The lowest BCUT2D eigenvalue weighted by atomic mass is 9.83. The summed E-state index contributed by atoms with van der Waals surface area (Å²) >= 11 is 0. The number of aromatic hydroxyl groups is 1. The number of phenolic OH excluding ortho intramolecular Hbond substituents is 1. The molecule has 4 aromatic rings. The number of carbonyl (C=O) groups excluding carboxylic acids is 1. The lowest BCUT2D eigenvalue weighted by Gasteiger charge is -2.33. The smallest absolute Gasteiger partial charge is 0.508 e. The van der Waals surface area contributed by atoms with Gasteiger partial charge in [-0.2, -0.15) is 0 Å². The summed E-state index contributed by atoms with van der Waals surface area (Å²) in [7, 11) is -4.78. The number of phenols is 1. The number of aromatic nitrogens is 3. The Morgan fingerprint density at radius 3 is 2.47 bits per heavy atom. The maximum atomic E-state index is 12.1. The Kier molecular flexibility index (Phi) is 10.8. The van der Waals surface area contributed by atoms with Crippen LogP contribution in [0.3, 0.4) is 0 Å². The average Bonchev–Trinajstić information content (AvgIpc) is 3.31. The van der Waals surface area contributed by atoms with Crippen molar-refractivity contribution in [2.24, 2.45) is 0 Å². The number of anilines is 1. The third-order valence-electron chi connectivity index (χ3n) is 7.53. The number of pyridine rings is 1. The van der Waals surface area contributed by atoms with E-state index in [1.165, 1.54) is 18.2 Å². The van der Waals surface area contributed by atoms with Gasteiger partial charge in [-0.1, -0.05) is 53.2 Å². The van der Waals surface area contributed by atoms with Crippen molar-refractivity contribution in [3.63, 3.8) is 0 Å². The number of rotatable bonds is 11. The molecule has 2 aromatic heterocycles. The molecule has 0 saturated heterocycles. The summed E-state index contributed by atoms with van der Waals surface area (Å²) in [6.45, 7) is 14.1. The largest absolute Gasteiger partial charge is 0.524 e. The van der Waals surface area contributed by atoms with Crippen LogP contribution in [0.1, 0.15) is 90.6 Å². The Labute approximate surface area is 252 Å². The standard InChI is InChI=1S/C29H38N5O6P.C2H6/c1-6-8-9-24-32-26-27(34(24)16-19-14-20(11-13-23(19)35)40-41(37,38)39)21-12-10-18(15-22(21)31-28(26)30)17(3)29(4,5)33-25(36)7-2;1-2/h10-15,17,35H,6-9,16H2,1-5H3,(H2,30,31)(H,33,36)(H2,37,38,39);1-2H3. The second-order valence-electron chi connectivity index (χ2n) is 10.9. The van der Waals surface area contributed by atoms with Crippen molar-refractivity contribution in [2.45, 2.75) is 92.2 Å². The van der Waals surface area contributed by atoms with E-state index in [1.54, 1.807) is 0 Å². The molecule has 1 unspecified atom stereocenters. The SMILES string of the molecule is CC.CCCCc1nc2c(N)nc3cc(C(C)C(C)(C)NC(=O)CC)ccc3c2n1Cc1cc(OP(=O)(O)O)ccc1O. The Balaban J connectivity index is 0.00000248. The predicted octanol–water partition coefficient (Wildman–Crippen LogP) is 6.17. The first kappa shape index (κ1) is 33.8. The van der Waals surface area contributed by atoms with Gasteiger partial charge < -0.3 is 25.2 Å². The van der Waals surface area contributed by atoms with Crippen LogP contribution in [0, 0.1) is 0 Å². The maximum Gasteiger partial charge on any atom is 0.524 e. The number of nitrogens with two attached hydrogens (primary N) is 1. The van der Waals surface area contributed by atoms with E-state index >= 15 is 0 Å². The number of carbonyl (C=O) groups is 1. The summed E-state index contributed by atoms with van der Waals surface area (Å²) in [6.07, 6.45) is 2.88. The summed E-state index contributed by atoms with van der Waals surface area (Å²) in [5, 5.41) is 14.6. The molecule has 2 heterocycles. The summed E-state index contributed by atoms with van der Waals surface area (Å²) in [5.74, 6) is 0.867. The van der Waals surface area contributed by atoms with E-state index in [4.69, 9.17) is 15.2 Å². The summed E-state index contributed by atoms with van der Waals surface area (Å²) in [5.41, 5.74) is 9.30. The number of nitrogen functional groups attached to an aromatic ring is 1. The van der Waals surface area contributed by atoms with E-state index < -0.39 is 13.4 Å². The summed E-state index contributed by atoms with van der Waals surface area (Å²) in [6, 6.07) is 10.0. The predicted molar refractivity (Wildman–Crippen MR) is 170 cm³/mol. The highest BCUT2D eigenvalue weighted by atomic mass is 31.2. The van der Waals surface area contributed by atoms with Gasteiger partial charge in [-0.3, -0.25) is 14.6 Å². The maximum absolute atomic E-state index is 12.1. The van der Waals surface area contributed by atoms with Crippen LogP contribution >= 0.6 is 7.82 Å². The zero-order chi connectivity index (χ0) is 32.1. The molecule has 0 aliphatic heterocycles. The highest BCUT2D eigenvalue weighted by Crippen LogP contribution is 2.40. The summed E-state index contributed by atoms with van der Waals surface area (Å²) < 4.78 is 18.1. The van der Waals surface area contributed by atoms with Crippen molar-refractivity contribution in [3.8, 4) is 11.5 Å². The molecule has 0 spiro atoms. The number of unbranched alkanes of at least 4 members (excludes halogenated alkanes) is 1. The quantitative estimate of drug-likeness (QED) is 0.124. The van der Waals surface area contributed by atoms with E-state index in [2.05, 4.69) is 24.1 Å². The van der Waals surface area contributed by atoms with Crippen molar-refractivity contribution in [2.75, 3.05) is 5.73 Å². The van der Waals surface area contributed by atoms with Crippen LogP contribution in [-0.4, -0.2) is 40.9 Å². The first-order valence-corrected chi connectivity index (χ1v) is 16.2. The second-order valence-corrected chi connectivity index (χ2v) is 12.1. The molecule has 1 amide bonds. The van der Waals surface area contributed by atoms with E-state index in [9.17, 15) is 24.3 Å². The molecule has 0 aliphatic rings. The fraction of sp³-hybridized carbons (Fsp3) is 0.452. The normalized spacial score (nSPS) is 12.6. The molecule has 4 rings (SSSR count). The molecule has 0 radical (unpaired) electrons. The number of fused-ring (bicyclic) bond motifs is 3. The second kappa shape index (κ2) is 13.8. The Bertz CT molecular complexity index is 1650. The van der Waals surface area contributed by atoms with Crippen LogP contribution < -0.4 is 15.6 Å². The van der Waals surface area contributed by atoms with Crippen LogP contribution in [-0.2, 0) is 22.3 Å². The number of imidazole rings is 1. The van der Waals surface area contributed by atoms with Gasteiger partial charge >= 0.3 is 7.82 Å². The van der Waals surface area contributed by atoms with Crippen LogP contribution in [0.25, 0.3) is 21.9 Å². The minimum absolute atomic E-state index is 0.0197. The van der Waals surface area contributed by atoms with Gasteiger partial charge in [0.15, 0.2) is 5.82 Å². The van der Waals surface area contributed by atoms with Gasteiger partial charge in [0.05, 0.1) is 17.6 Å². The fourth-order valence-electron chi connectivity index (χ4n) is 4.97. The number of aryl methyl sites for hydroxylation is 1.